The summed E-state index contributed by atoms with van der Waals surface area (Å²) in [6.45, 7) is 4.16. The van der Waals surface area contributed by atoms with E-state index in [0.717, 1.165) is 24.3 Å². The lowest BCUT2D eigenvalue weighted by Crippen LogP contribution is -2.30. The van der Waals surface area contributed by atoms with Crippen molar-refractivity contribution in [2.45, 2.75) is 26.7 Å². The first kappa shape index (κ1) is 20.1. The Kier molecular flexibility index (Phi) is 5.53. The Bertz CT molecular complexity index is 989. The third kappa shape index (κ3) is 4.06. The number of ether oxygens (including phenoxy) is 2. The highest BCUT2D eigenvalue weighted by molar-refractivity contribution is 5.94. The van der Waals surface area contributed by atoms with E-state index in [9.17, 15) is 4.79 Å². The molecule has 0 bridgehead atoms. The predicted molar refractivity (Wildman–Crippen MR) is 113 cm³/mol. The van der Waals surface area contributed by atoms with Crippen LogP contribution in [0.25, 0.3) is 0 Å². The van der Waals surface area contributed by atoms with Crippen LogP contribution < -0.4 is 10.1 Å². The number of aryl methyl sites for hydroxylation is 2. The minimum atomic E-state index is -0.315. The van der Waals surface area contributed by atoms with E-state index in [0.29, 0.717) is 24.0 Å². The molecule has 156 valence electrons. The molecule has 30 heavy (non-hydrogen) atoms. The standard InChI is InChI=1S/C23H26N4O3/c1-15-20(13-25-16(2)26-15)30-14-23(17-7-6-8-18(11-17)29-3)12-19(23)22(28)27-21-9-4-5-10-24-21/h4-6,8-11,13,17,19H,7,12,14H2,1-3H3,(H,24,27,28)/t17?,19-,23+/m0/s1. The van der Waals surface area contributed by atoms with Crippen LogP contribution in [0.3, 0.4) is 0 Å². The summed E-state index contributed by atoms with van der Waals surface area (Å²) in [5.74, 6) is 2.67. The molecule has 2 heterocycles. The van der Waals surface area contributed by atoms with E-state index in [2.05, 4.69) is 32.4 Å². The fourth-order valence-electron chi connectivity index (χ4n) is 4.12. The Morgan fingerprint density at radius 2 is 2.17 bits per heavy atom. The maximum atomic E-state index is 13.0. The molecule has 1 saturated carbocycles. The van der Waals surface area contributed by atoms with Gasteiger partial charge in [-0.1, -0.05) is 12.1 Å². The fraction of sp³-hybridized carbons (Fsp3) is 0.391. The second kappa shape index (κ2) is 8.26. The van der Waals surface area contributed by atoms with Crippen molar-refractivity contribution in [3.63, 3.8) is 0 Å². The average Bonchev–Trinajstić information content (AvgIpc) is 3.50. The summed E-state index contributed by atoms with van der Waals surface area (Å²) in [5, 5.41) is 2.94. The van der Waals surface area contributed by atoms with Gasteiger partial charge in [-0.25, -0.2) is 15.0 Å². The number of hydrogen-bond acceptors (Lipinski definition) is 6. The summed E-state index contributed by atoms with van der Waals surface area (Å²) < 4.78 is 11.6. The van der Waals surface area contributed by atoms with Crippen molar-refractivity contribution in [1.82, 2.24) is 15.0 Å². The van der Waals surface area contributed by atoms with E-state index in [1.54, 1.807) is 25.6 Å². The zero-order chi connectivity index (χ0) is 21.1. The smallest absolute Gasteiger partial charge is 0.229 e. The summed E-state index contributed by atoms with van der Waals surface area (Å²) in [4.78, 5) is 25.8. The summed E-state index contributed by atoms with van der Waals surface area (Å²) >= 11 is 0. The second-order valence-corrected chi connectivity index (χ2v) is 7.87. The molecule has 1 amide bonds. The summed E-state index contributed by atoms with van der Waals surface area (Å²) in [6.07, 6.45) is 11.1. The first-order valence-corrected chi connectivity index (χ1v) is 10.1. The summed E-state index contributed by atoms with van der Waals surface area (Å²) in [5.41, 5.74) is 0.481. The number of amides is 1. The number of hydrogen-bond donors (Lipinski definition) is 1. The first-order chi connectivity index (χ1) is 14.5. The third-order valence-corrected chi connectivity index (χ3v) is 5.91. The van der Waals surface area contributed by atoms with E-state index in [1.807, 2.05) is 32.1 Å². The molecule has 0 saturated heterocycles. The molecule has 7 heteroatoms. The highest BCUT2D eigenvalue weighted by atomic mass is 16.5. The SMILES string of the molecule is COC1=CC([C@]2(COc3cnc(C)nc3C)C[C@H]2C(=O)Nc2ccccn2)CC=C1. The number of nitrogens with one attached hydrogen (secondary N) is 1. The number of rotatable bonds is 7. The highest BCUT2D eigenvalue weighted by Crippen LogP contribution is 2.60. The quantitative estimate of drug-likeness (QED) is 0.756. The first-order valence-electron chi connectivity index (χ1n) is 10.1. The fourth-order valence-corrected chi connectivity index (χ4v) is 4.12. The van der Waals surface area contributed by atoms with Gasteiger partial charge in [0.25, 0.3) is 0 Å². The maximum absolute atomic E-state index is 13.0. The van der Waals surface area contributed by atoms with Gasteiger partial charge in [0, 0.05) is 17.5 Å². The second-order valence-electron chi connectivity index (χ2n) is 7.87. The number of carbonyl (C=O) groups excluding carboxylic acids is 1. The van der Waals surface area contributed by atoms with Crippen LogP contribution in [0, 0.1) is 31.1 Å². The van der Waals surface area contributed by atoms with Crippen LogP contribution >= 0.6 is 0 Å². The zero-order valence-corrected chi connectivity index (χ0v) is 17.5. The maximum Gasteiger partial charge on any atom is 0.229 e. The van der Waals surface area contributed by atoms with Gasteiger partial charge in [-0.05, 0) is 56.9 Å². The van der Waals surface area contributed by atoms with E-state index in [4.69, 9.17) is 9.47 Å². The van der Waals surface area contributed by atoms with Crippen molar-refractivity contribution in [1.29, 1.82) is 0 Å². The monoisotopic (exact) mass is 406 g/mol. The van der Waals surface area contributed by atoms with E-state index in [-0.39, 0.29) is 23.2 Å². The van der Waals surface area contributed by atoms with Crippen molar-refractivity contribution in [2.24, 2.45) is 17.3 Å². The molecule has 2 aromatic heterocycles. The van der Waals surface area contributed by atoms with Crippen molar-refractivity contribution in [3.8, 4) is 5.75 Å². The number of anilines is 1. The molecular formula is C23H26N4O3. The van der Waals surface area contributed by atoms with Crippen LogP contribution in [0.15, 0.2) is 54.6 Å². The Morgan fingerprint density at radius 3 is 2.90 bits per heavy atom. The largest absolute Gasteiger partial charge is 0.497 e. The third-order valence-electron chi connectivity index (χ3n) is 5.91. The van der Waals surface area contributed by atoms with Crippen molar-refractivity contribution >= 4 is 11.7 Å². The lowest BCUT2D eigenvalue weighted by molar-refractivity contribution is -0.118. The number of methoxy groups -OCH3 is 1. The molecule has 0 radical (unpaired) electrons. The Labute approximate surface area is 176 Å². The van der Waals surface area contributed by atoms with Crippen molar-refractivity contribution in [2.75, 3.05) is 19.0 Å². The van der Waals surface area contributed by atoms with E-state index in [1.165, 1.54) is 0 Å². The predicted octanol–water partition coefficient (Wildman–Crippen LogP) is 3.62. The average molecular weight is 406 g/mol. The van der Waals surface area contributed by atoms with Gasteiger partial charge in [0.2, 0.25) is 5.91 Å². The molecule has 1 fully saturated rings. The molecule has 2 aliphatic carbocycles. The van der Waals surface area contributed by atoms with E-state index < -0.39 is 0 Å². The van der Waals surface area contributed by atoms with Crippen LogP contribution in [-0.4, -0.2) is 34.6 Å². The van der Waals surface area contributed by atoms with Crippen molar-refractivity contribution in [3.05, 3.63) is 66.1 Å². The number of allylic oxidation sites excluding steroid dienone is 3. The van der Waals surface area contributed by atoms with Gasteiger partial charge in [0.1, 0.15) is 17.4 Å². The van der Waals surface area contributed by atoms with Gasteiger partial charge in [-0.3, -0.25) is 4.79 Å². The molecular weight excluding hydrogens is 380 g/mol. The highest BCUT2D eigenvalue weighted by Gasteiger charge is 2.62. The molecule has 0 aliphatic heterocycles. The minimum absolute atomic E-state index is 0.0314. The molecule has 1 unspecified atom stereocenters. The van der Waals surface area contributed by atoms with Crippen LogP contribution in [0.5, 0.6) is 5.75 Å². The van der Waals surface area contributed by atoms with Gasteiger partial charge in [-0.2, -0.15) is 0 Å². The number of aromatic nitrogens is 3. The topological polar surface area (TPSA) is 86.2 Å². The van der Waals surface area contributed by atoms with Gasteiger partial charge >= 0.3 is 0 Å². The number of carbonyl (C=O) groups is 1. The Balaban J connectivity index is 1.54. The van der Waals surface area contributed by atoms with Crippen LogP contribution in [0.2, 0.25) is 0 Å². The lowest BCUT2D eigenvalue weighted by Gasteiger charge is -2.27. The van der Waals surface area contributed by atoms with Gasteiger partial charge in [0.15, 0.2) is 5.75 Å². The Morgan fingerprint density at radius 1 is 1.30 bits per heavy atom. The molecule has 2 aromatic rings. The Hall–Kier alpha value is -3.22. The van der Waals surface area contributed by atoms with Gasteiger partial charge < -0.3 is 14.8 Å². The van der Waals surface area contributed by atoms with Crippen LogP contribution in [-0.2, 0) is 9.53 Å². The van der Waals surface area contributed by atoms with Gasteiger partial charge in [-0.15, -0.1) is 0 Å². The summed E-state index contributed by atoms with van der Waals surface area (Å²) in [6, 6.07) is 5.46. The molecule has 3 atom stereocenters. The van der Waals surface area contributed by atoms with E-state index >= 15 is 0 Å². The van der Waals surface area contributed by atoms with Crippen LogP contribution in [0.4, 0.5) is 5.82 Å². The number of pyridine rings is 1. The summed E-state index contributed by atoms with van der Waals surface area (Å²) in [7, 11) is 1.66. The van der Waals surface area contributed by atoms with Crippen LogP contribution in [0.1, 0.15) is 24.4 Å². The minimum Gasteiger partial charge on any atom is -0.497 e. The molecule has 4 rings (SSSR count). The van der Waals surface area contributed by atoms with Gasteiger partial charge in [0.05, 0.1) is 25.6 Å². The lowest BCUT2D eigenvalue weighted by atomic mass is 9.82. The molecule has 0 aromatic carbocycles. The van der Waals surface area contributed by atoms with Crippen molar-refractivity contribution < 1.29 is 14.3 Å². The normalized spacial score (nSPS) is 24.7. The number of nitrogens with zero attached hydrogens (tertiary/aromatic N) is 3. The molecule has 2 aliphatic rings. The zero-order valence-electron chi connectivity index (χ0n) is 17.5. The molecule has 7 nitrogen and oxygen atoms in total. The molecule has 1 N–H and O–H groups in total. The molecule has 0 spiro atoms.